The Morgan fingerprint density at radius 3 is 2.05 bits per heavy atom. The highest BCUT2D eigenvalue weighted by Crippen LogP contribution is 2.41. The number of carbonyl (C=O) groups is 3. The van der Waals surface area contributed by atoms with Gasteiger partial charge in [0.25, 0.3) is 0 Å². The van der Waals surface area contributed by atoms with Crippen molar-refractivity contribution >= 4 is 18.2 Å². The van der Waals surface area contributed by atoms with E-state index in [1.165, 1.54) is 7.11 Å². The van der Waals surface area contributed by atoms with E-state index < -0.39 is 60.8 Å². The predicted octanol–water partition coefficient (Wildman–Crippen LogP) is 2.98. The summed E-state index contributed by atoms with van der Waals surface area (Å²) < 4.78 is 38.9. The van der Waals surface area contributed by atoms with Crippen molar-refractivity contribution in [2.45, 2.75) is 69.6 Å². The SMILES string of the molecule is CO[C@@H]1O[C@@H]([C@H](OC(=O)OCc2ccccc2)[C@@H](NC(=O)OCc2ccccc2)C(=O)O)[C@H]2OC(C)(C)O[C@@H]12. The van der Waals surface area contributed by atoms with Crippen LogP contribution >= 0.6 is 0 Å². The Hall–Kier alpha value is -3.71. The molecule has 6 atom stereocenters. The third-order valence-corrected chi connectivity index (χ3v) is 6.12. The summed E-state index contributed by atoms with van der Waals surface area (Å²) in [6.45, 7) is 3.12. The Labute approximate surface area is 225 Å². The zero-order valence-corrected chi connectivity index (χ0v) is 21.7. The lowest BCUT2D eigenvalue weighted by atomic mass is 9.99. The molecule has 0 unspecified atom stereocenters. The average Bonchev–Trinajstić information content (AvgIpc) is 3.41. The lowest BCUT2D eigenvalue weighted by Gasteiger charge is -2.31. The van der Waals surface area contributed by atoms with Gasteiger partial charge in [0.05, 0.1) is 0 Å². The quantitative estimate of drug-likeness (QED) is 0.425. The fourth-order valence-corrected chi connectivity index (χ4v) is 4.41. The van der Waals surface area contributed by atoms with Gasteiger partial charge in [0.2, 0.25) is 0 Å². The van der Waals surface area contributed by atoms with Crippen molar-refractivity contribution in [1.29, 1.82) is 0 Å². The first-order chi connectivity index (χ1) is 18.7. The molecule has 4 rings (SSSR count). The second-order valence-corrected chi connectivity index (χ2v) is 9.40. The molecule has 2 heterocycles. The molecule has 2 N–H and O–H groups in total. The van der Waals surface area contributed by atoms with E-state index in [4.69, 9.17) is 33.2 Å². The Morgan fingerprint density at radius 2 is 1.49 bits per heavy atom. The molecule has 0 spiro atoms. The molecule has 12 nitrogen and oxygen atoms in total. The van der Waals surface area contributed by atoms with Crippen molar-refractivity contribution in [3.63, 3.8) is 0 Å². The summed E-state index contributed by atoms with van der Waals surface area (Å²) in [6, 6.07) is 15.9. The maximum atomic E-state index is 12.7. The molecule has 0 radical (unpaired) electrons. The van der Waals surface area contributed by atoms with Crippen LogP contribution < -0.4 is 5.32 Å². The van der Waals surface area contributed by atoms with Crippen LogP contribution in [0, 0.1) is 0 Å². The van der Waals surface area contributed by atoms with Crippen LogP contribution in [0.3, 0.4) is 0 Å². The third-order valence-electron chi connectivity index (χ3n) is 6.12. The average molecular weight is 546 g/mol. The summed E-state index contributed by atoms with van der Waals surface area (Å²) >= 11 is 0. The zero-order chi connectivity index (χ0) is 28.0. The molecule has 2 aliphatic rings. The molecule has 12 heteroatoms. The molecule has 2 saturated heterocycles. The maximum Gasteiger partial charge on any atom is 0.509 e. The van der Waals surface area contributed by atoms with E-state index in [-0.39, 0.29) is 13.2 Å². The molecule has 2 aromatic carbocycles. The maximum absolute atomic E-state index is 12.7. The van der Waals surface area contributed by atoms with Gasteiger partial charge in [-0.05, 0) is 25.0 Å². The molecule has 2 aromatic rings. The van der Waals surface area contributed by atoms with Crippen LogP contribution in [0.15, 0.2) is 60.7 Å². The molecule has 210 valence electrons. The first kappa shape index (κ1) is 28.3. The molecule has 2 aliphatic heterocycles. The number of fused-ring (bicyclic) bond motifs is 1. The second-order valence-electron chi connectivity index (χ2n) is 9.40. The number of carboxylic acids is 1. The van der Waals surface area contributed by atoms with Crippen LogP contribution in [0.2, 0.25) is 0 Å². The van der Waals surface area contributed by atoms with E-state index in [9.17, 15) is 19.5 Å². The van der Waals surface area contributed by atoms with Crippen molar-refractivity contribution in [2.75, 3.05) is 7.11 Å². The van der Waals surface area contributed by atoms with Gasteiger partial charge >= 0.3 is 18.2 Å². The zero-order valence-electron chi connectivity index (χ0n) is 21.7. The Balaban J connectivity index is 1.53. The number of alkyl carbamates (subject to hydrolysis) is 1. The number of benzene rings is 2. The summed E-state index contributed by atoms with van der Waals surface area (Å²) in [5, 5.41) is 12.3. The van der Waals surface area contributed by atoms with Crippen LogP contribution in [0.4, 0.5) is 9.59 Å². The van der Waals surface area contributed by atoms with Gasteiger partial charge in [-0.3, -0.25) is 0 Å². The molecule has 1 amide bonds. The smallest absolute Gasteiger partial charge is 0.480 e. The van der Waals surface area contributed by atoms with Crippen molar-refractivity contribution in [1.82, 2.24) is 5.32 Å². The minimum absolute atomic E-state index is 0.106. The van der Waals surface area contributed by atoms with Crippen LogP contribution in [0.25, 0.3) is 0 Å². The number of amides is 1. The summed E-state index contributed by atoms with van der Waals surface area (Å²) in [7, 11) is 1.39. The second kappa shape index (κ2) is 12.4. The van der Waals surface area contributed by atoms with E-state index in [1.807, 2.05) is 6.07 Å². The molecular weight excluding hydrogens is 514 g/mol. The monoisotopic (exact) mass is 545 g/mol. The molecular formula is C27H31NO11. The van der Waals surface area contributed by atoms with Gasteiger partial charge in [0.15, 0.2) is 24.2 Å². The fraction of sp³-hybridized carbons (Fsp3) is 0.444. The predicted molar refractivity (Wildman–Crippen MR) is 132 cm³/mol. The number of hydrogen-bond donors (Lipinski definition) is 2. The molecule has 39 heavy (non-hydrogen) atoms. The molecule has 0 aliphatic carbocycles. The van der Waals surface area contributed by atoms with E-state index in [0.29, 0.717) is 11.1 Å². The number of aliphatic carboxylic acids is 1. The van der Waals surface area contributed by atoms with Crippen LogP contribution in [-0.4, -0.2) is 73.0 Å². The van der Waals surface area contributed by atoms with Gasteiger partial charge < -0.3 is 43.6 Å². The third kappa shape index (κ3) is 7.24. The molecule has 0 aromatic heterocycles. The summed E-state index contributed by atoms with van der Waals surface area (Å²) in [5.74, 6) is -2.56. The Bertz CT molecular complexity index is 1130. The number of rotatable bonds is 10. The van der Waals surface area contributed by atoms with Crippen molar-refractivity contribution in [3.05, 3.63) is 71.8 Å². The molecule has 0 bridgehead atoms. The summed E-state index contributed by atoms with van der Waals surface area (Å²) in [4.78, 5) is 37.7. The highest BCUT2D eigenvalue weighted by Gasteiger charge is 2.60. The highest BCUT2D eigenvalue weighted by atomic mass is 16.8. The summed E-state index contributed by atoms with van der Waals surface area (Å²) in [6.07, 6.45) is -7.62. The van der Waals surface area contributed by atoms with Crippen molar-refractivity contribution in [3.8, 4) is 0 Å². The normalized spacial score (nSPS) is 24.7. The van der Waals surface area contributed by atoms with E-state index >= 15 is 0 Å². The van der Waals surface area contributed by atoms with Gasteiger partial charge in [-0.25, -0.2) is 14.4 Å². The van der Waals surface area contributed by atoms with Crippen molar-refractivity contribution < 1.29 is 52.6 Å². The number of ether oxygens (including phenoxy) is 7. The minimum Gasteiger partial charge on any atom is -0.480 e. The van der Waals surface area contributed by atoms with Gasteiger partial charge in [-0.2, -0.15) is 0 Å². The fourth-order valence-electron chi connectivity index (χ4n) is 4.41. The van der Waals surface area contributed by atoms with Gasteiger partial charge in [-0.1, -0.05) is 60.7 Å². The van der Waals surface area contributed by atoms with Gasteiger partial charge in [0.1, 0.15) is 31.5 Å². The van der Waals surface area contributed by atoms with Crippen LogP contribution in [0.5, 0.6) is 0 Å². The lowest BCUT2D eigenvalue weighted by Crippen LogP contribution is -2.57. The number of hydrogen-bond acceptors (Lipinski definition) is 10. The topological polar surface area (TPSA) is 148 Å². The summed E-state index contributed by atoms with van der Waals surface area (Å²) in [5.41, 5.74) is 1.38. The van der Waals surface area contributed by atoms with Crippen molar-refractivity contribution in [2.24, 2.45) is 0 Å². The first-order valence-corrected chi connectivity index (χ1v) is 12.3. The first-order valence-electron chi connectivity index (χ1n) is 12.3. The number of methoxy groups -OCH3 is 1. The van der Waals surface area contributed by atoms with E-state index in [2.05, 4.69) is 5.32 Å². The van der Waals surface area contributed by atoms with Gasteiger partial charge in [0, 0.05) is 7.11 Å². The molecule has 0 saturated carbocycles. The lowest BCUT2D eigenvalue weighted by molar-refractivity contribution is -0.239. The van der Waals surface area contributed by atoms with Crippen LogP contribution in [0.1, 0.15) is 25.0 Å². The highest BCUT2D eigenvalue weighted by molar-refractivity contribution is 5.81. The molecule has 2 fully saturated rings. The Kier molecular flexibility index (Phi) is 9.02. The largest absolute Gasteiger partial charge is 0.509 e. The van der Waals surface area contributed by atoms with E-state index in [1.54, 1.807) is 68.4 Å². The van der Waals surface area contributed by atoms with Gasteiger partial charge in [-0.15, -0.1) is 0 Å². The Morgan fingerprint density at radius 1 is 0.923 bits per heavy atom. The standard InChI is InChI=1S/C27H31NO11/c1-27(2)38-21-20(36-24(33-3)22(21)39-27)19(37-26(32)35-15-17-12-8-5-9-13-17)18(23(29)30)28-25(31)34-14-16-10-6-4-7-11-16/h4-13,18-22,24H,14-15H2,1-3H3,(H,28,31)(H,29,30)/t18-,19-,20+,21-,22-,24-/m1/s1. The van der Waals surface area contributed by atoms with E-state index in [0.717, 1.165) is 0 Å². The minimum atomic E-state index is -1.80. The number of nitrogens with one attached hydrogen (secondary N) is 1. The number of carbonyl (C=O) groups excluding carboxylic acids is 2. The van der Waals surface area contributed by atoms with Crippen LogP contribution in [-0.2, 0) is 51.2 Å². The number of carboxylic acid groups (broad SMARTS) is 1.